The smallest absolute Gasteiger partial charge is 0.135 e. The van der Waals surface area contributed by atoms with Crippen molar-refractivity contribution in [2.45, 2.75) is 0 Å². The highest BCUT2D eigenvalue weighted by Crippen LogP contribution is 2.39. The number of hydrogen-bond acceptors (Lipinski definition) is 3. The molecule has 0 radical (unpaired) electrons. The molecule has 0 aliphatic rings. The summed E-state index contributed by atoms with van der Waals surface area (Å²) in [5, 5.41) is 6.90. The molecule has 0 aliphatic heterocycles. The van der Waals surface area contributed by atoms with Crippen LogP contribution in [0, 0.1) is 0 Å². The van der Waals surface area contributed by atoms with E-state index in [9.17, 15) is 0 Å². The Hall–Kier alpha value is -6.91. The summed E-state index contributed by atoms with van der Waals surface area (Å²) in [6.45, 7) is 0. The topological polar surface area (TPSA) is 44.1 Å². The Morgan fingerprint density at radius 2 is 0.902 bits per heavy atom. The number of hydrogen-bond donors (Lipinski definition) is 0. The number of furan rings is 2. The molecule has 51 heavy (non-hydrogen) atoms. The fourth-order valence-corrected chi connectivity index (χ4v) is 7.81. The van der Waals surface area contributed by atoms with Crippen LogP contribution in [0.4, 0.5) is 0 Å². The van der Waals surface area contributed by atoms with Crippen molar-refractivity contribution in [2.24, 2.45) is 0 Å². The SMILES string of the molecule is c1ccc(-c2cccc(-n3c4ccccc4c4cc(-c5ccc6oc7ccc(-c8ccc9oc%10ccccc%10c9c8)cc7c6c5)ccc43)c2)nc1. The van der Waals surface area contributed by atoms with E-state index in [1.807, 2.05) is 30.5 Å². The van der Waals surface area contributed by atoms with Crippen LogP contribution in [0.3, 0.4) is 0 Å². The summed E-state index contributed by atoms with van der Waals surface area (Å²) in [4.78, 5) is 4.60. The average molecular weight is 653 g/mol. The number of nitrogens with zero attached hydrogens (tertiary/aromatic N) is 2. The second-order valence-corrected chi connectivity index (χ2v) is 13.2. The van der Waals surface area contributed by atoms with Gasteiger partial charge < -0.3 is 13.4 Å². The van der Waals surface area contributed by atoms with Crippen LogP contribution in [-0.2, 0) is 0 Å². The maximum Gasteiger partial charge on any atom is 0.135 e. The lowest BCUT2D eigenvalue weighted by Gasteiger charge is -2.10. The van der Waals surface area contributed by atoms with Crippen LogP contribution >= 0.6 is 0 Å². The normalized spacial score (nSPS) is 11.9. The molecule has 4 aromatic heterocycles. The second-order valence-electron chi connectivity index (χ2n) is 13.2. The Kier molecular flexibility index (Phi) is 5.92. The van der Waals surface area contributed by atoms with E-state index in [2.05, 4.69) is 149 Å². The predicted molar refractivity (Wildman–Crippen MR) is 209 cm³/mol. The van der Waals surface area contributed by atoms with Gasteiger partial charge in [-0.15, -0.1) is 0 Å². The number of fused-ring (bicyclic) bond motifs is 9. The summed E-state index contributed by atoms with van der Waals surface area (Å²) < 4.78 is 14.8. The molecule has 4 heteroatoms. The first-order chi connectivity index (χ1) is 25.2. The van der Waals surface area contributed by atoms with Crippen molar-refractivity contribution < 1.29 is 8.83 Å². The quantitative estimate of drug-likeness (QED) is 0.190. The largest absolute Gasteiger partial charge is 0.456 e. The third-order valence-electron chi connectivity index (χ3n) is 10.3. The summed E-state index contributed by atoms with van der Waals surface area (Å²) in [5.41, 5.74) is 13.7. The van der Waals surface area contributed by atoms with Gasteiger partial charge in [-0.05, 0) is 107 Å². The van der Waals surface area contributed by atoms with E-state index < -0.39 is 0 Å². The zero-order valence-corrected chi connectivity index (χ0v) is 27.4. The molecule has 11 rings (SSSR count). The van der Waals surface area contributed by atoms with Gasteiger partial charge in [-0.25, -0.2) is 0 Å². The first-order valence-corrected chi connectivity index (χ1v) is 17.2. The first kappa shape index (κ1) is 28.0. The summed E-state index contributed by atoms with van der Waals surface area (Å²) in [6.07, 6.45) is 1.84. The van der Waals surface area contributed by atoms with Crippen molar-refractivity contribution in [3.8, 4) is 39.2 Å². The van der Waals surface area contributed by atoms with Crippen molar-refractivity contribution >= 4 is 65.7 Å². The zero-order chi connectivity index (χ0) is 33.5. The Morgan fingerprint density at radius 1 is 0.353 bits per heavy atom. The highest BCUT2D eigenvalue weighted by molar-refractivity contribution is 6.12. The van der Waals surface area contributed by atoms with E-state index in [0.717, 1.165) is 83.1 Å². The van der Waals surface area contributed by atoms with Gasteiger partial charge in [0.1, 0.15) is 22.3 Å². The third-order valence-corrected chi connectivity index (χ3v) is 10.3. The van der Waals surface area contributed by atoms with Gasteiger partial charge in [0.05, 0.1) is 16.7 Å². The highest BCUT2D eigenvalue weighted by Gasteiger charge is 2.16. The Balaban J connectivity index is 1.03. The van der Waals surface area contributed by atoms with Crippen molar-refractivity contribution in [1.29, 1.82) is 0 Å². The first-order valence-electron chi connectivity index (χ1n) is 17.2. The van der Waals surface area contributed by atoms with Gasteiger partial charge in [0.15, 0.2) is 0 Å². The number of pyridine rings is 1. The minimum absolute atomic E-state index is 0.882. The minimum atomic E-state index is 0.882. The molecule has 238 valence electrons. The van der Waals surface area contributed by atoms with Crippen LogP contribution in [0.1, 0.15) is 0 Å². The van der Waals surface area contributed by atoms with E-state index >= 15 is 0 Å². The average Bonchev–Trinajstić information content (AvgIpc) is 3.86. The number of para-hydroxylation sites is 2. The highest BCUT2D eigenvalue weighted by atomic mass is 16.3. The standard InChI is InChI=1S/C47H28N2O2/c1-3-13-42-35(10-1)37-25-29(15-19-43(37)49(42)34-9-7-8-33(24-34)41-12-5-6-23-48-41)31-17-21-46-39(27-31)40-28-32(18-22-47(40)51-46)30-16-20-45-38(26-30)36-11-2-4-14-44(36)50-45/h1-28H. The lowest BCUT2D eigenvalue weighted by Crippen LogP contribution is -1.94. The van der Waals surface area contributed by atoms with Gasteiger partial charge in [-0.3, -0.25) is 4.98 Å². The van der Waals surface area contributed by atoms with Crippen LogP contribution in [-0.4, -0.2) is 9.55 Å². The summed E-state index contributed by atoms with van der Waals surface area (Å²) in [6, 6.07) is 57.8. The monoisotopic (exact) mass is 652 g/mol. The molecule has 0 N–H and O–H groups in total. The van der Waals surface area contributed by atoms with Crippen LogP contribution in [0.25, 0.3) is 105 Å². The molecule has 0 saturated heterocycles. The maximum absolute atomic E-state index is 6.35. The third kappa shape index (κ3) is 4.37. The van der Waals surface area contributed by atoms with Crippen LogP contribution < -0.4 is 0 Å². The molecule has 0 aliphatic carbocycles. The van der Waals surface area contributed by atoms with E-state index in [1.165, 1.54) is 21.8 Å². The number of rotatable bonds is 4. The molecule has 0 unspecified atom stereocenters. The van der Waals surface area contributed by atoms with Gasteiger partial charge in [-0.1, -0.05) is 78.9 Å². The molecule has 0 bridgehead atoms. The van der Waals surface area contributed by atoms with E-state index in [4.69, 9.17) is 8.83 Å². The molecule has 7 aromatic carbocycles. The van der Waals surface area contributed by atoms with Gasteiger partial charge in [0.2, 0.25) is 0 Å². The van der Waals surface area contributed by atoms with Crippen LogP contribution in [0.15, 0.2) is 179 Å². The molecule has 0 fully saturated rings. The molecular weight excluding hydrogens is 625 g/mol. The molecular formula is C47H28N2O2. The summed E-state index contributed by atoms with van der Waals surface area (Å²) in [7, 11) is 0. The molecule has 4 nitrogen and oxygen atoms in total. The Labute approximate surface area is 292 Å². The number of benzene rings is 7. The second kappa shape index (κ2) is 10.8. The molecule has 4 heterocycles. The molecule has 11 aromatic rings. The zero-order valence-electron chi connectivity index (χ0n) is 27.4. The van der Waals surface area contributed by atoms with Crippen molar-refractivity contribution in [2.75, 3.05) is 0 Å². The molecule has 0 spiro atoms. The number of aromatic nitrogens is 2. The van der Waals surface area contributed by atoms with Crippen molar-refractivity contribution in [3.05, 3.63) is 170 Å². The van der Waals surface area contributed by atoms with Crippen LogP contribution in [0.5, 0.6) is 0 Å². The van der Waals surface area contributed by atoms with Gasteiger partial charge >= 0.3 is 0 Å². The van der Waals surface area contributed by atoms with E-state index in [-0.39, 0.29) is 0 Å². The van der Waals surface area contributed by atoms with Gasteiger partial charge in [-0.2, -0.15) is 0 Å². The fraction of sp³-hybridized carbons (Fsp3) is 0. The van der Waals surface area contributed by atoms with Gasteiger partial charge in [0.25, 0.3) is 0 Å². The molecule has 0 saturated carbocycles. The fourth-order valence-electron chi connectivity index (χ4n) is 7.81. The van der Waals surface area contributed by atoms with Gasteiger partial charge in [0, 0.05) is 49.8 Å². The molecule has 0 amide bonds. The summed E-state index contributed by atoms with van der Waals surface area (Å²) in [5.74, 6) is 0. The molecule has 0 atom stereocenters. The van der Waals surface area contributed by atoms with Crippen molar-refractivity contribution in [3.63, 3.8) is 0 Å². The van der Waals surface area contributed by atoms with E-state index in [0.29, 0.717) is 0 Å². The summed E-state index contributed by atoms with van der Waals surface area (Å²) >= 11 is 0. The predicted octanol–water partition coefficient (Wildman–Crippen LogP) is 13.0. The van der Waals surface area contributed by atoms with Crippen LogP contribution in [0.2, 0.25) is 0 Å². The minimum Gasteiger partial charge on any atom is -0.456 e. The Morgan fingerprint density at radius 3 is 1.59 bits per heavy atom. The van der Waals surface area contributed by atoms with Crippen molar-refractivity contribution in [1.82, 2.24) is 9.55 Å². The Bertz CT molecular complexity index is 3140. The maximum atomic E-state index is 6.35. The van der Waals surface area contributed by atoms with E-state index in [1.54, 1.807) is 0 Å². The lowest BCUT2D eigenvalue weighted by atomic mass is 9.98. The lowest BCUT2D eigenvalue weighted by molar-refractivity contribution is 0.668.